The first-order chi connectivity index (χ1) is 7.25. The molecule has 1 amide bonds. The molecule has 1 N–H and O–H groups in total. The van der Waals surface area contributed by atoms with Gasteiger partial charge in [0.2, 0.25) is 5.91 Å². The van der Waals surface area contributed by atoms with Crippen molar-refractivity contribution < 1.29 is 9.90 Å². The van der Waals surface area contributed by atoms with Crippen LogP contribution in [0.15, 0.2) is 18.7 Å². The number of aryl methyl sites for hydroxylation is 1. The molecule has 5 heteroatoms. The monoisotopic (exact) mass is 209 g/mol. The Morgan fingerprint density at radius 2 is 2.47 bits per heavy atom. The van der Waals surface area contributed by atoms with Gasteiger partial charge in [0.1, 0.15) is 0 Å². The third-order valence-electron chi connectivity index (χ3n) is 2.66. The number of likely N-dealkylation sites (tertiary alicyclic amines) is 1. The third-order valence-corrected chi connectivity index (χ3v) is 2.66. The van der Waals surface area contributed by atoms with E-state index in [2.05, 4.69) is 4.98 Å². The van der Waals surface area contributed by atoms with E-state index in [4.69, 9.17) is 0 Å². The lowest BCUT2D eigenvalue weighted by Crippen LogP contribution is -2.30. The van der Waals surface area contributed by atoms with Gasteiger partial charge in [-0.25, -0.2) is 4.98 Å². The average Bonchev–Trinajstić information content (AvgIpc) is 2.84. The van der Waals surface area contributed by atoms with Gasteiger partial charge in [0.15, 0.2) is 0 Å². The molecule has 1 aliphatic heterocycles. The molecule has 0 spiro atoms. The second-order valence-electron chi connectivity index (χ2n) is 3.83. The van der Waals surface area contributed by atoms with E-state index in [1.165, 1.54) is 0 Å². The van der Waals surface area contributed by atoms with Crippen LogP contribution in [0.4, 0.5) is 0 Å². The minimum Gasteiger partial charge on any atom is -0.391 e. The number of aromatic nitrogens is 2. The molecule has 0 saturated carbocycles. The van der Waals surface area contributed by atoms with Gasteiger partial charge in [0.25, 0.3) is 0 Å². The zero-order chi connectivity index (χ0) is 10.7. The molecule has 2 rings (SSSR count). The van der Waals surface area contributed by atoms with E-state index in [1.807, 2.05) is 10.8 Å². The Morgan fingerprint density at radius 3 is 3.07 bits per heavy atom. The normalized spacial score (nSPS) is 20.9. The molecule has 15 heavy (non-hydrogen) atoms. The average molecular weight is 209 g/mol. The highest BCUT2D eigenvalue weighted by atomic mass is 16.3. The van der Waals surface area contributed by atoms with Crippen molar-refractivity contribution in [3.05, 3.63) is 18.7 Å². The number of amides is 1. The summed E-state index contributed by atoms with van der Waals surface area (Å²) in [6.45, 7) is 1.83. The van der Waals surface area contributed by atoms with Crippen molar-refractivity contribution >= 4 is 5.91 Å². The fraction of sp³-hybridized carbons (Fsp3) is 0.600. The number of hydrogen-bond acceptors (Lipinski definition) is 3. The Balaban J connectivity index is 1.78. The molecule has 1 fully saturated rings. The second-order valence-corrected chi connectivity index (χ2v) is 3.83. The third kappa shape index (κ3) is 2.56. The van der Waals surface area contributed by atoms with Crippen LogP contribution >= 0.6 is 0 Å². The standard InChI is InChI=1S/C10H15N3O2/c14-9-1-5-13(7-9)10(15)2-4-12-6-3-11-8-12/h3,6,8-9,14H,1-2,4-5,7H2. The molecule has 1 aromatic rings. The molecule has 0 radical (unpaired) electrons. The van der Waals surface area contributed by atoms with Gasteiger partial charge in [-0.2, -0.15) is 0 Å². The SMILES string of the molecule is O=C(CCn1ccnc1)N1CCC(O)C1. The van der Waals surface area contributed by atoms with Crippen LogP contribution in [0, 0.1) is 0 Å². The zero-order valence-corrected chi connectivity index (χ0v) is 8.54. The van der Waals surface area contributed by atoms with Crippen molar-refractivity contribution in [2.45, 2.75) is 25.5 Å². The molecular weight excluding hydrogens is 194 g/mol. The lowest BCUT2D eigenvalue weighted by atomic mass is 10.3. The van der Waals surface area contributed by atoms with Crippen molar-refractivity contribution in [2.24, 2.45) is 0 Å². The number of β-amino-alcohol motifs (C(OH)–C–C–N with tert-alkyl or cyclic N) is 1. The van der Waals surface area contributed by atoms with Gasteiger partial charge in [0.05, 0.1) is 12.4 Å². The fourth-order valence-corrected chi connectivity index (χ4v) is 1.77. The van der Waals surface area contributed by atoms with Crippen molar-refractivity contribution in [2.75, 3.05) is 13.1 Å². The predicted molar refractivity (Wildman–Crippen MR) is 54.0 cm³/mol. The number of aliphatic hydroxyl groups excluding tert-OH is 1. The van der Waals surface area contributed by atoms with Crippen LogP contribution in [0.1, 0.15) is 12.8 Å². The Bertz CT molecular complexity index is 323. The van der Waals surface area contributed by atoms with Crippen LogP contribution in [0.5, 0.6) is 0 Å². The minimum absolute atomic E-state index is 0.111. The molecule has 5 nitrogen and oxygen atoms in total. The molecule has 1 saturated heterocycles. The topological polar surface area (TPSA) is 58.4 Å². The smallest absolute Gasteiger partial charge is 0.224 e. The molecule has 2 heterocycles. The molecule has 0 aliphatic carbocycles. The second kappa shape index (κ2) is 4.44. The number of carbonyl (C=O) groups excluding carboxylic acids is 1. The summed E-state index contributed by atoms with van der Waals surface area (Å²) < 4.78 is 1.88. The van der Waals surface area contributed by atoms with Crippen LogP contribution in [0.3, 0.4) is 0 Å². The first-order valence-corrected chi connectivity index (χ1v) is 5.17. The van der Waals surface area contributed by atoms with Crippen LogP contribution < -0.4 is 0 Å². The highest BCUT2D eigenvalue weighted by molar-refractivity contribution is 5.76. The Hall–Kier alpha value is -1.36. The molecule has 1 aliphatic rings. The van der Waals surface area contributed by atoms with Crippen molar-refractivity contribution in [1.29, 1.82) is 0 Å². The first-order valence-electron chi connectivity index (χ1n) is 5.17. The summed E-state index contributed by atoms with van der Waals surface area (Å²) in [7, 11) is 0. The van der Waals surface area contributed by atoms with E-state index in [0.29, 0.717) is 32.5 Å². The van der Waals surface area contributed by atoms with E-state index in [1.54, 1.807) is 17.4 Å². The number of carbonyl (C=O) groups is 1. The summed E-state index contributed by atoms with van der Waals surface area (Å²) >= 11 is 0. The largest absolute Gasteiger partial charge is 0.391 e. The van der Waals surface area contributed by atoms with Crippen molar-refractivity contribution in [3.63, 3.8) is 0 Å². The highest BCUT2D eigenvalue weighted by Gasteiger charge is 2.23. The summed E-state index contributed by atoms with van der Waals surface area (Å²) in [5.41, 5.74) is 0. The summed E-state index contributed by atoms with van der Waals surface area (Å²) in [4.78, 5) is 17.3. The van der Waals surface area contributed by atoms with Crippen molar-refractivity contribution in [3.8, 4) is 0 Å². The molecule has 0 aromatic carbocycles. The quantitative estimate of drug-likeness (QED) is 0.754. The van der Waals surface area contributed by atoms with Gasteiger partial charge in [0, 0.05) is 38.4 Å². The van der Waals surface area contributed by atoms with Gasteiger partial charge >= 0.3 is 0 Å². The van der Waals surface area contributed by atoms with Crippen LogP contribution in [0.25, 0.3) is 0 Å². The van der Waals surface area contributed by atoms with Gasteiger partial charge < -0.3 is 14.6 Å². The van der Waals surface area contributed by atoms with Crippen LogP contribution in [-0.2, 0) is 11.3 Å². The number of rotatable bonds is 3. The van der Waals surface area contributed by atoms with Gasteiger partial charge in [-0.1, -0.05) is 0 Å². The number of imidazole rings is 1. The number of nitrogens with zero attached hydrogens (tertiary/aromatic N) is 3. The van der Waals surface area contributed by atoms with E-state index in [0.717, 1.165) is 0 Å². The molecule has 0 bridgehead atoms. The number of aliphatic hydroxyl groups is 1. The van der Waals surface area contributed by atoms with Gasteiger partial charge in [-0.15, -0.1) is 0 Å². The number of hydrogen-bond donors (Lipinski definition) is 1. The van der Waals surface area contributed by atoms with Gasteiger partial charge in [-0.05, 0) is 6.42 Å². The van der Waals surface area contributed by atoms with Crippen molar-refractivity contribution in [1.82, 2.24) is 14.5 Å². The Labute approximate surface area is 88.3 Å². The molecular formula is C10H15N3O2. The summed E-state index contributed by atoms with van der Waals surface area (Å²) in [6, 6.07) is 0. The highest BCUT2D eigenvalue weighted by Crippen LogP contribution is 2.10. The first kappa shape index (κ1) is 10.2. The van der Waals surface area contributed by atoms with E-state index >= 15 is 0 Å². The maximum Gasteiger partial charge on any atom is 0.224 e. The maximum atomic E-state index is 11.7. The van der Waals surface area contributed by atoms with E-state index in [9.17, 15) is 9.90 Å². The summed E-state index contributed by atoms with van der Waals surface area (Å²) in [6.07, 6.45) is 6.09. The lowest BCUT2D eigenvalue weighted by molar-refractivity contribution is -0.130. The molecule has 82 valence electrons. The molecule has 1 unspecified atom stereocenters. The van der Waals surface area contributed by atoms with E-state index in [-0.39, 0.29) is 12.0 Å². The lowest BCUT2D eigenvalue weighted by Gasteiger charge is -2.15. The van der Waals surface area contributed by atoms with E-state index < -0.39 is 0 Å². The Kier molecular flexibility index (Phi) is 3.01. The predicted octanol–water partition coefficient (Wildman–Crippen LogP) is -0.134. The fourth-order valence-electron chi connectivity index (χ4n) is 1.77. The Morgan fingerprint density at radius 1 is 1.60 bits per heavy atom. The zero-order valence-electron chi connectivity index (χ0n) is 8.54. The van der Waals surface area contributed by atoms with Crippen LogP contribution in [0.2, 0.25) is 0 Å². The minimum atomic E-state index is -0.331. The summed E-state index contributed by atoms with van der Waals surface area (Å²) in [5.74, 6) is 0.111. The van der Waals surface area contributed by atoms with Gasteiger partial charge in [-0.3, -0.25) is 4.79 Å². The van der Waals surface area contributed by atoms with Crippen LogP contribution in [-0.4, -0.2) is 44.7 Å². The maximum absolute atomic E-state index is 11.7. The summed E-state index contributed by atoms with van der Waals surface area (Å²) in [5, 5.41) is 9.29. The molecule has 1 atom stereocenters. The molecule has 1 aromatic heterocycles.